The molecule has 4 rings (SSSR count). The fourth-order valence-corrected chi connectivity index (χ4v) is 5.34. The molecule has 2 heterocycles. The zero-order chi connectivity index (χ0) is 21.1. The van der Waals surface area contributed by atoms with Gasteiger partial charge in [-0.2, -0.15) is 0 Å². The second-order valence-corrected chi connectivity index (χ2v) is 8.48. The van der Waals surface area contributed by atoms with Gasteiger partial charge in [0.1, 0.15) is 12.4 Å². The van der Waals surface area contributed by atoms with Crippen LogP contribution in [0.25, 0.3) is 0 Å². The van der Waals surface area contributed by atoms with Crippen LogP contribution in [0.1, 0.15) is 23.7 Å². The number of fused-ring (bicyclic) bond motifs is 1. The molecular formula is C21H19N3O5S. The van der Waals surface area contributed by atoms with Gasteiger partial charge in [0.2, 0.25) is 5.91 Å². The molecule has 1 unspecified atom stereocenters. The minimum Gasteiger partial charge on any atom is -0.487 e. The van der Waals surface area contributed by atoms with Gasteiger partial charge in [-0.25, -0.2) is 13.9 Å². The topological polar surface area (TPSA) is 109 Å². The van der Waals surface area contributed by atoms with Gasteiger partial charge in [-0.1, -0.05) is 24.3 Å². The van der Waals surface area contributed by atoms with E-state index < -0.39 is 22.0 Å². The molecule has 0 fully saturated rings. The number of nitrogens with zero attached hydrogens (tertiary/aromatic N) is 2. The van der Waals surface area contributed by atoms with E-state index in [0.29, 0.717) is 17.0 Å². The summed E-state index contributed by atoms with van der Waals surface area (Å²) in [7, 11) is -3.85. The summed E-state index contributed by atoms with van der Waals surface area (Å²) in [5.41, 5.74) is 3.26. The third kappa shape index (κ3) is 3.72. The fraction of sp³-hybridized carbons (Fsp3) is 0.143. The molecule has 0 saturated carbocycles. The van der Waals surface area contributed by atoms with Gasteiger partial charge in [0, 0.05) is 6.20 Å². The molecule has 1 atom stereocenters. The molecule has 1 aliphatic rings. The Hall–Kier alpha value is -3.43. The zero-order valence-corrected chi connectivity index (χ0v) is 16.6. The van der Waals surface area contributed by atoms with Crippen LogP contribution in [0.5, 0.6) is 5.75 Å². The van der Waals surface area contributed by atoms with Crippen LogP contribution in [0.3, 0.4) is 0 Å². The Balaban J connectivity index is 1.61. The summed E-state index contributed by atoms with van der Waals surface area (Å²) < 4.78 is 33.2. The molecule has 0 radical (unpaired) electrons. The maximum absolute atomic E-state index is 13.2. The van der Waals surface area contributed by atoms with Gasteiger partial charge in [-0.3, -0.25) is 19.3 Å². The highest BCUT2D eigenvalue weighted by Gasteiger charge is 2.43. The molecule has 1 aromatic heterocycles. The van der Waals surface area contributed by atoms with Crippen LogP contribution in [-0.2, 0) is 21.4 Å². The molecule has 8 nitrogen and oxygen atoms in total. The molecule has 2 N–H and O–H groups in total. The first-order valence-corrected chi connectivity index (χ1v) is 10.6. The lowest BCUT2D eigenvalue weighted by Crippen LogP contribution is -2.32. The molecular weight excluding hydrogens is 406 g/mol. The number of nitrogens with one attached hydrogen (secondary N) is 1. The predicted molar refractivity (Wildman–Crippen MR) is 108 cm³/mol. The van der Waals surface area contributed by atoms with Gasteiger partial charge in [0.05, 0.1) is 28.7 Å². The Morgan fingerprint density at radius 1 is 1.07 bits per heavy atom. The number of amides is 1. The third-order valence-electron chi connectivity index (χ3n) is 4.81. The van der Waals surface area contributed by atoms with Crippen molar-refractivity contribution in [2.75, 3.05) is 4.31 Å². The number of sulfonamides is 1. The minimum atomic E-state index is -3.85. The SMILES string of the molecule is O=C(CC1c2ccccc2S(=O)(=O)N1c1ccc(OCc2ccccn2)cc1)NO. The Bertz CT molecular complexity index is 1150. The summed E-state index contributed by atoms with van der Waals surface area (Å²) in [5.74, 6) is -0.115. The summed E-state index contributed by atoms with van der Waals surface area (Å²) >= 11 is 0. The van der Waals surface area contributed by atoms with Crippen molar-refractivity contribution < 1.29 is 23.2 Å². The van der Waals surface area contributed by atoms with Crippen LogP contribution in [0, 0.1) is 0 Å². The van der Waals surface area contributed by atoms with E-state index in [4.69, 9.17) is 9.94 Å². The molecule has 2 aromatic carbocycles. The number of benzene rings is 2. The number of carbonyl (C=O) groups excluding carboxylic acids is 1. The Kier molecular flexibility index (Phi) is 5.39. The Morgan fingerprint density at radius 2 is 1.80 bits per heavy atom. The summed E-state index contributed by atoms with van der Waals surface area (Å²) in [4.78, 5) is 16.2. The van der Waals surface area contributed by atoms with Crippen molar-refractivity contribution in [2.24, 2.45) is 0 Å². The molecule has 0 saturated heterocycles. The van der Waals surface area contributed by atoms with Gasteiger partial charge in [0.15, 0.2) is 0 Å². The van der Waals surface area contributed by atoms with Crippen molar-refractivity contribution in [3.8, 4) is 5.75 Å². The highest BCUT2D eigenvalue weighted by Crippen LogP contribution is 2.44. The second-order valence-electron chi connectivity index (χ2n) is 6.70. The van der Waals surface area contributed by atoms with Gasteiger partial charge in [-0.05, 0) is 48.0 Å². The quantitative estimate of drug-likeness (QED) is 0.464. The molecule has 0 spiro atoms. The van der Waals surface area contributed by atoms with Crippen molar-refractivity contribution in [2.45, 2.75) is 24.0 Å². The first kappa shape index (κ1) is 19.9. The molecule has 3 aromatic rings. The highest BCUT2D eigenvalue weighted by molar-refractivity contribution is 7.93. The summed E-state index contributed by atoms with van der Waals surface area (Å²) in [6.45, 7) is 0.285. The molecule has 1 aliphatic heterocycles. The zero-order valence-electron chi connectivity index (χ0n) is 15.8. The largest absolute Gasteiger partial charge is 0.487 e. The summed E-state index contributed by atoms with van der Waals surface area (Å²) in [6, 6.07) is 17.9. The third-order valence-corrected chi connectivity index (χ3v) is 6.72. The molecule has 154 valence electrons. The monoisotopic (exact) mass is 425 g/mol. The van der Waals surface area contributed by atoms with Crippen LogP contribution in [0.2, 0.25) is 0 Å². The molecule has 0 aliphatic carbocycles. The van der Waals surface area contributed by atoms with Crippen molar-refractivity contribution in [3.63, 3.8) is 0 Å². The standard InChI is InChI=1S/C21H19N3O5S/c25-21(23-26)13-19-18-6-1-2-7-20(18)30(27,28)24(19)16-8-10-17(11-9-16)29-14-15-5-3-4-12-22-15/h1-12,19,26H,13-14H2,(H,23,25). The van der Waals surface area contributed by atoms with Crippen LogP contribution >= 0.6 is 0 Å². The maximum Gasteiger partial charge on any atom is 0.265 e. The number of aromatic nitrogens is 1. The Labute approximate surface area is 173 Å². The maximum atomic E-state index is 13.2. The number of hydrogen-bond donors (Lipinski definition) is 2. The summed E-state index contributed by atoms with van der Waals surface area (Å²) in [6.07, 6.45) is 1.46. The van der Waals surface area contributed by atoms with E-state index in [0.717, 1.165) is 5.69 Å². The number of pyridine rings is 1. The first-order chi connectivity index (χ1) is 14.5. The number of anilines is 1. The molecule has 1 amide bonds. The number of hydroxylamine groups is 1. The molecule has 9 heteroatoms. The lowest BCUT2D eigenvalue weighted by Gasteiger charge is -2.25. The minimum absolute atomic E-state index is 0.149. The first-order valence-electron chi connectivity index (χ1n) is 9.20. The summed E-state index contributed by atoms with van der Waals surface area (Å²) in [5, 5.41) is 8.93. The predicted octanol–water partition coefficient (Wildman–Crippen LogP) is 2.81. The lowest BCUT2D eigenvalue weighted by atomic mass is 10.0. The van der Waals surface area contributed by atoms with Crippen LogP contribution in [0.15, 0.2) is 77.8 Å². The van der Waals surface area contributed by atoms with Crippen LogP contribution in [0.4, 0.5) is 5.69 Å². The number of ether oxygens (including phenoxy) is 1. The lowest BCUT2D eigenvalue weighted by molar-refractivity contribution is -0.129. The normalized spacial score (nSPS) is 16.7. The fourth-order valence-electron chi connectivity index (χ4n) is 3.45. The van der Waals surface area contributed by atoms with Crippen LogP contribution < -0.4 is 14.5 Å². The van der Waals surface area contributed by atoms with Gasteiger partial charge in [0.25, 0.3) is 10.0 Å². The number of rotatable bonds is 6. The van der Waals surface area contributed by atoms with E-state index in [-0.39, 0.29) is 17.9 Å². The van der Waals surface area contributed by atoms with Crippen molar-refractivity contribution in [1.29, 1.82) is 0 Å². The molecule has 30 heavy (non-hydrogen) atoms. The highest BCUT2D eigenvalue weighted by atomic mass is 32.2. The van der Waals surface area contributed by atoms with Crippen molar-refractivity contribution >= 4 is 21.6 Å². The van der Waals surface area contributed by atoms with Crippen molar-refractivity contribution in [1.82, 2.24) is 10.5 Å². The Morgan fingerprint density at radius 3 is 2.50 bits per heavy atom. The van der Waals surface area contributed by atoms with E-state index in [2.05, 4.69) is 4.98 Å². The van der Waals surface area contributed by atoms with Gasteiger partial charge < -0.3 is 4.74 Å². The van der Waals surface area contributed by atoms with E-state index in [1.54, 1.807) is 54.1 Å². The van der Waals surface area contributed by atoms with Gasteiger partial charge in [-0.15, -0.1) is 0 Å². The van der Waals surface area contributed by atoms with Gasteiger partial charge >= 0.3 is 0 Å². The number of hydrogen-bond acceptors (Lipinski definition) is 6. The van der Waals surface area contributed by atoms with Crippen molar-refractivity contribution in [3.05, 3.63) is 84.2 Å². The average Bonchev–Trinajstić information content (AvgIpc) is 3.00. The van der Waals surface area contributed by atoms with E-state index in [1.165, 1.54) is 10.4 Å². The van der Waals surface area contributed by atoms with E-state index in [9.17, 15) is 13.2 Å². The average molecular weight is 425 g/mol. The second kappa shape index (κ2) is 8.13. The van der Waals surface area contributed by atoms with E-state index in [1.807, 2.05) is 18.2 Å². The smallest absolute Gasteiger partial charge is 0.265 e. The van der Waals surface area contributed by atoms with Crippen LogP contribution in [-0.4, -0.2) is 24.5 Å². The molecule has 0 bridgehead atoms. The number of carbonyl (C=O) groups is 1. The van der Waals surface area contributed by atoms with E-state index >= 15 is 0 Å².